The largest absolute Gasteiger partial charge is 0.493 e. The Morgan fingerprint density at radius 2 is 1.81 bits per heavy atom. The summed E-state index contributed by atoms with van der Waals surface area (Å²) in [5, 5.41) is 4.68. The van der Waals surface area contributed by atoms with Gasteiger partial charge in [0.25, 0.3) is 0 Å². The zero-order valence-electron chi connectivity index (χ0n) is 16.6. The third-order valence-electron chi connectivity index (χ3n) is 6.89. The second-order valence-corrected chi connectivity index (χ2v) is 10.2. The lowest BCUT2D eigenvalue weighted by molar-refractivity contribution is -0.118. The van der Waals surface area contributed by atoms with E-state index < -0.39 is 0 Å². The molecule has 1 aromatic carbocycles. The first-order valence-electron chi connectivity index (χ1n) is 10.0. The Balaban J connectivity index is 1.59. The highest BCUT2D eigenvalue weighted by atomic mass is 35.5. The summed E-state index contributed by atoms with van der Waals surface area (Å²) in [6, 6.07) is 3.86. The third-order valence-corrected chi connectivity index (χ3v) is 7.10. The topological polar surface area (TPSA) is 30.5 Å². The molecule has 1 aromatic rings. The van der Waals surface area contributed by atoms with Gasteiger partial charge in [0, 0.05) is 28.7 Å². The first-order chi connectivity index (χ1) is 12.3. The average molecular weight is 378 g/mol. The van der Waals surface area contributed by atoms with Crippen LogP contribution in [-0.4, -0.2) is 19.3 Å². The average Bonchev–Trinajstić information content (AvgIpc) is 2.51. The molecule has 4 aliphatic carbocycles. The van der Waals surface area contributed by atoms with Crippen LogP contribution in [0.25, 0.3) is 0 Å². The van der Waals surface area contributed by atoms with E-state index in [4.69, 9.17) is 21.1 Å². The number of methoxy groups -OCH3 is 1. The highest BCUT2D eigenvalue weighted by molar-refractivity contribution is 6.30. The Hall–Kier alpha value is -0.930. The molecule has 26 heavy (non-hydrogen) atoms. The molecule has 4 bridgehead atoms. The first kappa shape index (κ1) is 18.4. The van der Waals surface area contributed by atoms with E-state index in [2.05, 4.69) is 19.2 Å². The predicted molar refractivity (Wildman–Crippen MR) is 106 cm³/mol. The Morgan fingerprint density at radius 1 is 1.12 bits per heavy atom. The van der Waals surface area contributed by atoms with Gasteiger partial charge in [-0.2, -0.15) is 0 Å². The molecule has 144 valence electrons. The summed E-state index contributed by atoms with van der Waals surface area (Å²) >= 11 is 6.34. The van der Waals surface area contributed by atoms with Gasteiger partial charge in [0.05, 0.1) is 13.7 Å². The van der Waals surface area contributed by atoms with Crippen molar-refractivity contribution >= 4 is 11.6 Å². The van der Waals surface area contributed by atoms with Crippen molar-refractivity contribution in [3.63, 3.8) is 0 Å². The van der Waals surface area contributed by atoms with Crippen LogP contribution >= 0.6 is 11.6 Å². The SMILES string of the molecule is CCOc1c(CNC23CC4C[C@@](C)(C2)C[C@](C)(C4)C3)cc(Cl)cc1OC. The molecule has 3 nitrogen and oxygen atoms in total. The third kappa shape index (κ3) is 3.22. The minimum atomic E-state index is 0.266. The van der Waals surface area contributed by atoms with Crippen LogP contribution in [0.15, 0.2) is 12.1 Å². The van der Waals surface area contributed by atoms with Crippen molar-refractivity contribution in [3.8, 4) is 11.5 Å². The van der Waals surface area contributed by atoms with Crippen molar-refractivity contribution in [3.05, 3.63) is 22.7 Å². The molecule has 0 aromatic heterocycles. The zero-order valence-corrected chi connectivity index (χ0v) is 17.3. The maximum atomic E-state index is 6.34. The summed E-state index contributed by atoms with van der Waals surface area (Å²) in [6.07, 6.45) is 8.15. The van der Waals surface area contributed by atoms with Crippen LogP contribution in [0.5, 0.6) is 11.5 Å². The van der Waals surface area contributed by atoms with Crippen molar-refractivity contribution < 1.29 is 9.47 Å². The number of halogens is 1. The summed E-state index contributed by atoms with van der Waals surface area (Å²) in [5.74, 6) is 2.43. The second kappa shape index (κ2) is 6.31. The minimum absolute atomic E-state index is 0.266. The van der Waals surface area contributed by atoms with Gasteiger partial charge >= 0.3 is 0 Å². The highest BCUT2D eigenvalue weighted by Gasteiger charge is 2.59. The number of hydrogen-bond donors (Lipinski definition) is 1. The molecule has 0 spiro atoms. The van der Waals surface area contributed by atoms with Gasteiger partial charge in [-0.25, -0.2) is 0 Å². The van der Waals surface area contributed by atoms with Crippen LogP contribution in [0.4, 0.5) is 0 Å². The van der Waals surface area contributed by atoms with Gasteiger partial charge in [0.1, 0.15) is 0 Å². The number of rotatable bonds is 6. The number of nitrogens with one attached hydrogen (secondary N) is 1. The molecule has 0 aliphatic heterocycles. The monoisotopic (exact) mass is 377 g/mol. The molecule has 4 atom stereocenters. The van der Waals surface area contributed by atoms with E-state index in [9.17, 15) is 0 Å². The van der Waals surface area contributed by atoms with Gasteiger partial charge in [-0.05, 0) is 68.3 Å². The van der Waals surface area contributed by atoms with Crippen LogP contribution in [0.2, 0.25) is 5.02 Å². The lowest BCUT2D eigenvalue weighted by Gasteiger charge is -2.65. The van der Waals surface area contributed by atoms with Gasteiger partial charge in [-0.3, -0.25) is 0 Å². The predicted octanol–water partition coefficient (Wildman–Crippen LogP) is 5.59. The molecule has 1 N–H and O–H groups in total. The summed E-state index contributed by atoms with van der Waals surface area (Å²) < 4.78 is 11.4. The van der Waals surface area contributed by atoms with Gasteiger partial charge in [0.15, 0.2) is 11.5 Å². The molecule has 2 unspecified atom stereocenters. The van der Waals surface area contributed by atoms with E-state index in [1.54, 1.807) is 7.11 Å². The minimum Gasteiger partial charge on any atom is -0.493 e. The van der Waals surface area contributed by atoms with Crippen molar-refractivity contribution in [2.45, 2.75) is 71.4 Å². The molecular formula is C22H32ClNO2. The first-order valence-corrected chi connectivity index (χ1v) is 10.4. The fourth-order valence-corrected chi connectivity index (χ4v) is 7.37. The molecule has 4 heteroatoms. The van der Waals surface area contributed by atoms with E-state index in [0.717, 1.165) is 29.5 Å². The second-order valence-electron chi connectivity index (χ2n) is 9.79. The Labute approximate surface area is 162 Å². The highest BCUT2D eigenvalue weighted by Crippen LogP contribution is 2.66. The summed E-state index contributed by atoms with van der Waals surface area (Å²) in [6.45, 7) is 8.44. The van der Waals surface area contributed by atoms with Crippen molar-refractivity contribution in [2.24, 2.45) is 16.7 Å². The lowest BCUT2D eigenvalue weighted by atomic mass is 9.43. The quantitative estimate of drug-likeness (QED) is 0.701. The Kier molecular flexibility index (Phi) is 4.47. The molecule has 0 heterocycles. The lowest BCUT2D eigenvalue weighted by Crippen LogP contribution is -2.63. The molecular weight excluding hydrogens is 346 g/mol. The van der Waals surface area contributed by atoms with Gasteiger partial charge in [0.2, 0.25) is 0 Å². The van der Waals surface area contributed by atoms with Crippen LogP contribution in [0, 0.1) is 16.7 Å². The van der Waals surface area contributed by atoms with Gasteiger partial charge in [-0.1, -0.05) is 25.4 Å². The molecule has 0 radical (unpaired) electrons. The zero-order chi connectivity index (χ0) is 18.6. The molecule has 0 amide bonds. The Morgan fingerprint density at radius 3 is 2.38 bits per heavy atom. The van der Waals surface area contributed by atoms with E-state index in [1.807, 2.05) is 19.1 Å². The summed E-state index contributed by atoms with van der Waals surface area (Å²) in [7, 11) is 1.67. The van der Waals surface area contributed by atoms with Crippen LogP contribution in [-0.2, 0) is 6.54 Å². The van der Waals surface area contributed by atoms with Gasteiger partial charge < -0.3 is 14.8 Å². The van der Waals surface area contributed by atoms with E-state index in [-0.39, 0.29) is 5.54 Å². The van der Waals surface area contributed by atoms with Crippen LogP contribution in [0.1, 0.15) is 64.9 Å². The summed E-state index contributed by atoms with van der Waals surface area (Å²) in [5.41, 5.74) is 2.38. The number of ether oxygens (including phenoxy) is 2. The molecule has 4 saturated carbocycles. The van der Waals surface area contributed by atoms with Gasteiger partial charge in [-0.15, -0.1) is 0 Å². The van der Waals surface area contributed by atoms with Crippen molar-refractivity contribution in [1.29, 1.82) is 0 Å². The molecule has 0 saturated heterocycles. The Bertz CT molecular complexity index is 686. The van der Waals surface area contributed by atoms with Crippen molar-refractivity contribution in [2.75, 3.05) is 13.7 Å². The normalized spacial score (nSPS) is 37.8. The standard InChI is InChI=1S/C22H32ClNO2/c1-5-26-19-16(6-17(23)7-18(19)25-4)11-24-22-10-15-8-20(2,13-22)12-21(3,9-15)14-22/h6-7,15,24H,5,8-14H2,1-4H3/t15?,20-,21+,22?. The maximum Gasteiger partial charge on any atom is 0.165 e. The van der Waals surface area contributed by atoms with Crippen LogP contribution in [0.3, 0.4) is 0 Å². The number of hydrogen-bond acceptors (Lipinski definition) is 3. The van der Waals surface area contributed by atoms with Crippen molar-refractivity contribution in [1.82, 2.24) is 5.32 Å². The van der Waals surface area contributed by atoms with Crippen LogP contribution < -0.4 is 14.8 Å². The van der Waals surface area contributed by atoms with E-state index >= 15 is 0 Å². The summed E-state index contributed by atoms with van der Waals surface area (Å²) in [4.78, 5) is 0. The fourth-order valence-electron chi connectivity index (χ4n) is 7.14. The maximum absolute atomic E-state index is 6.34. The fraction of sp³-hybridized carbons (Fsp3) is 0.727. The van der Waals surface area contributed by atoms with E-state index in [1.165, 1.54) is 38.5 Å². The molecule has 4 aliphatic rings. The smallest absolute Gasteiger partial charge is 0.165 e. The molecule has 4 fully saturated rings. The van der Waals surface area contributed by atoms with E-state index in [0.29, 0.717) is 22.5 Å². The number of benzene rings is 1. The molecule has 5 rings (SSSR count).